The maximum atomic E-state index is 6.30. The number of benzene rings is 7. The summed E-state index contributed by atoms with van der Waals surface area (Å²) in [5.74, 6) is 1.63. The molecule has 0 fully saturated rings. The average molecular weight is 706 g/mol. The molecule has 0 bridgehead atoms. The van der Waals surface area contributed by atoms with E-state index >= 15 is 0 Å². The summed E-state index contributed by atoms with van der Waals surface area (Å²) in [6.07, 6.45) is 0. The first-order chi connectivity index (χ1) is 25.2. The summed E-state index contributed by atoms with van der Waals surface area (Å²) in [6, 6.07) is 49.9. The van der Waals surface area contributed by atoms with E-state index in [0.717, 1.165) is 65.8 Å². The van der Waals surface area contributed by atoms with Crippen LogP contribution in [0, 0.1) is 0 Å². The normalized spacial score (nSPS) is 12.9. The van der Waals surface area contributed by atoms with Crippen molar-refractivity contribution in [1.82, 2.24) is 14.5 Å². The van der Waals surface area contributed by atoms with Gasteiger partial charge in [-0.05, 0) is 77.5 Å². The summed E-state index contributed by atoms with van der Waals surface area (Å²) in [5.41, 5.74) is 5.06. The van der Waals surface area contributed by atoms with Gasteiger partial charge in [0.2, 0.25) is 0 Å². The molecule has 4 nitrogen and oxygen atoms in total. The number of rotatable bonds is 2. The highest BCUT2D eigenvalue weighted by Crippen LogP contribution is 2.49. The van der Waals surface area contributed by atoms with Crippen molar-refractivity contribution >= 4 is 110 Å². The Bertz CT molecular complexity index is 3280. The quantitative estimate of drug-likeness (QED) is 0.179. The van der Waals surface area contributed by atoms with Crippen LogP contribution in [0.1, 0.15) is 0 Å². The predicted octanol–water partition coefficient (Wildman–Crippen LogP) is 13.3. The molecule has 7 heteroatoms. The van der Waals surface area contributed by atoms with Crippen molar-refractivity contribution in [3.8, 4) is 17.2 Å². The fraction of sp³-hybridized carbons (Fsp3) is 0. The van der Waals surface area contributed by atoms with E-state index in [1.165, 1.54) is 45.8 Å². The van der Waals surface area contributed by atoms with Crippen molar-refractivity contribution in [1.29, 1.82) is 0 Å². The molecule has 238 valence electrons. The third kappa shape index (κ3) is 4.05. The van der Waals surface area contributed by atoms with Crippen molar-refractivity contribution in [2.75, 3.05) is 0 Å². The first kappa shape index (κ1) is 28.1. The molecular weight excluding hydrogens is 683 g/mol. The SMILES string of the molecule is c1ccc2c(c1)Sc1ccc(-c3nc(-n4c5ccccc5c5cc6c(ccc7oc8ccccc8c76)cc54)c4c(n3)sc3ccccc34)cc1S2. The van der Waals surface area contributed by atoms with E-state index in [4.69, 9.17) is 14.4 Å². The molecule has 0 radical (unpaired) electrons. The topological polar surface area (TPSA) is 43.9 Å². The Kier molecular flexibility index (Phi) is 5.77. The minimum Gasteiger partial charge on any atom is -0.456 e. The van der Waals surface area contributed by atoms with E-state index in [1.807, 2.05) is 35.7 Å². The van der Waals surface area contributed by atoms with E-state index in [2.05, 4.69) is 132 Å². The third-order valence-corrected chi connectivity index (χ3v) is 13.7. The molecule has 0 unspecified atom stereocenters. The summed E-state index contributed by atoms with van der Waals surface area (Å²) < 4.78 is 9.87. The van der Waals surface area contributed by atoms with Gasteiger partial charge >= 0.3 is 0 Å². The largest absolute Gasteiger partial charge is 0.456 e. The van der Waals surface area contributed by atoms with Gasteiger partial charge in [0.15, 0.2) is 11.6 Å². The van der Waals surface area contributed by atoms with Gasteiger partial charge in [-0.3, -0.25) is 4.57 Å². The number of aromatic nitrogens is 3. The third-order valence-electron chi connectivity index (χ3n) is 10.1. The van der Waals surface area contributed by atoms with Crippen LogP contribution in [0.3, 0.4) is 0 Å². The van der Waals surface area contributed by atoms with Gasteiger partial charge in [-0.1, -0.05) is 96.3 Å². The van der Waals surface area contributed by atoms with Crippen molar-refractivity contribution < 1.29 is 4.42 Å². The smallest absolute Gasteiger partial charge is 0.163 e. The van der Waals surface area contributed by atoms with Gasteiger partial charge < -0.3 is 4.42 Å². The van der Waals surface area contributed by atoms with E-state index in [0.29, 0.717) is 0 Å². The Morgan fingerprint density at radius 3 is 2.14 bits per heavy atom. The molecular formula is C44H23N3OS3. The Labute approximate surface area is 303 Å². The van der Waals surface area contributed by atoms with Crippen LogP contribution >= 0.6 is 34.9 Å². The highest BCUT2D eigenvalue weighted by molar-refractivity contribution is 8.05. The fourth-order valence-electron chi connectivity index (χ4n) is 7.80. The minimum atomic E-state index is 0.731. The second-order valence-electron chi connectivity index (χ2n) is 12.9. The molecule has 0 aliphatic carbocycles. The molecule has 0 saturated heterocycles. The molecule has 0 N–H and O–H groups in total. The lowest BCUT2D eigenvalue weighted by atomic mass is 10.0. The number of para-hydroxylation sites is 2. The second kappa shape index (κ2) is 10.5. The van der Waals surface area contributed by atoms with Crippen LogP contribution in [-0.2, 0) is 0 Å². The number of hydrogen-bond donors (Lipinski definition) is 0. The summed E-state index contributed by atoms with van der Waals surface area (Å²) in [5, 5.41) is 9.27. The zero-order valence-electron chi connectivity index (χ0n) is 26.8. The Hall–Kier alpha value is -5.60. The lowest BCUT2D eigenvalue weighted by molar-refractivity contribution is 0.669. The minimum absolute atomic E-state index is 0.731. The molecule has 0 spiro atoms. The van der Waals surface area contributed by atoms with E-state index in [-0.39, 0.29) is 0 Å². The number of nitrogens with zero attached hydrogens (tertiary/aromatic N) is 3. The first-order valence-corrected chi connectivity index (χ1v) is 19.3. The number of fused-ring (bicyclic) bond motifs is 13. The van der Waals surface area contributed by atoms with Gasteiger partial charge in [0.05, 0.1) is 16.4 Å². The monoisotopic (exact) mass is 705 g/mol. The number of hydrogen-bond acceptors (Lipinski definition) is 6. The summed E-state index contributed by atoms with van der Waals surface area (Å²) in [7, 11) is 0. The van der Waals surface area contributed by atoms with E-state index in [9.17, 15) is 0 Å². The van der Waals surface area contributed by atoms with Gasteiger partial charge in [0.25, 0.3) is 0 Å². The highest BCUT2D eigenvalue weighted by Gasteiger charge is 2.23. The summed E-state index contributed by atoms with van der Waals surface area (Å²) in [6.45, 7) is 0. The van der Waals surface area contributed by atoms with Crippen molar-refractivity contribution in [2.45, 2.75) is 19.6 Å². The van der Waals surface area contributed by atoms with Crippen molar-refractivity contribution in [2.24, 2.45) is 0 Å². The zero-order chi connectivity index (χ0) is 33.2. The van der Waals surface area contributed by atoms with Crippen molar-refractivity contribution in [3.63, 3.8) is 0 Å². The van der Waals surface area contributed by atoms with Gasteiger partial charge in [-0.15, -0.1) is 11.3 Å². The fourth-order valence-corrected chi connectivity index (χ4v) is 11.1. The zero-order valence-corrected chi connectivity index (χ0v) is 29.2. The lowest BCUT2D eigenvalue weighted by Crippen LogP contribution is -2.02. The Morgan fingerprint density at radius 2 is 1.24 bits per heavy atom. The molecule has 4 aromatic heterocycles. The second-order valence-corrected chi connectivity index (χ2v) is 16.1. The van der Waals surface area contributed by atoms with Gasteiger partial charge in [0.1, 0.15) is 16.0 Å². The highest BCUT2D eigenvalue weighted by atomic mass is 32.2. The first-order valence-electron chi connectivity index (χ1n) is 16.8. The van der Waals surface area contributed by atoms with Crippen LogP contribution in [0.15, 0.2) is 164 Å². The Morgan fingerprint density at radius 1 is 0.490 bits per heavy atom. The number of thiophene rings is 1. The van der Waals surface area contributed by atoms with Crippen molar-refractivity contribution in [3.05, 3.63) is 140 Å². The summed E-state index contributed by atoms with van der Waals surface area (Å²) in [4.78, 5) is 16.9. The molecule has 12 rings (SSSR count). The molecule has 0 atom stereocenters. The maximum Gasteiger partial charge on any atom is 0.163 e. The van der Waals surface area contributed by atoms with Crippen LogP contribution in [0.2, 0.25) is 0 Å². The molecule has 1 aliphatic heterocycles. The van der Waals surface area contributed by atoms with E-state index < -0.39 is 0 Å². The molecule has 51 heavy (non-hydrogen) atoms. The van der Waals surface area contributed by atoms with Gasteiger partial charge in [-0.25, -0.2) is 9.97 Å². The molecule has 11 aromatic rings. The molecule has 0 saturated carbocycles. The van der Waals surface area contributed by atoms with Crippen LogP contribution in [-0.4, -0.2) is 14.5 Å². The molecule has 7 aromatic carbocycles. The number of furan rings is 1. The predicted molar refractivity (Wildman–Crippen MR) is 214 cm³/mol. The van der Waals surface area contributed by atoms with Crippen LogP contribution in [0.5, 0.6) is 0 Å². The summed E-state index contributed by atoms with van der Waals surface area (Å²) >= 11 is 5.38. The van der Waals surface area contributed by atoms with Crippen LogP contribution < -0.4 is 0 Å². The van der Waals surface area contributed by atoms with Gasteiger partial charge in [-0.2, -0.15) is 0 Å². The lowest BCUT2D eigenvalue weighted by Gasteiger charge is -2.18. The molecule has 0 amide bonds. The van der Waals surface area contributed by atoms with Gasteiger partial charge in [0, 0.05) is 56.8 Å². The molecule has 1 aliphatic rings. The Balaban J connectivity index is 1.16. The van der Waals surface area contributed by atoms with E-state index in [1.54, 1.807) is 11.3 Å². The maximum absolute atomic E-state index is 6.30. The standard InChI is InChI=1S/C44H23N3OS3/c1-4-12-31-26(9-1)30-23-29-24(17-19-34-40(29)27-10-2-5-13-33(27)48-34)21-32(30)47(31)43-41-28-11-3-6-14-35(28)51-44(41)46-42(45-43)25-18-20-38-39(22-25)50-37-16-8-7-15-36(37)49-38/h1-23H. The van der Waals surface area contributed by atoms with Crippen LogP contribution in [0.4, 0.5) is 0 Å². The van der Waals surface area contributed by atoms with Crippen LogP contribution in [0.25, 0.3) is 92.0 Å². The average Bonchev–Trinajstić information content (AvgIpc) is 3.85. The molecule has 5 heterocycles.